The number of hydrogen-bond acceptors (Lipinski definition) is 3. The van der Waals surface area contributed by atoms with E-state index in [0.717, 1.165) is 24.3 Å². The van der Waals surface area contributed by atoms with Crippen molar-refractivity contribution in [2.24, 2.45) is 5.10 Å². The molecular formula is C21H14ClF3N2O2. The Balaban J connectivity index is 1.67. The summed E-state index contributed by atoms with van der Waals surface area (Å²) in [6, 6.07) is 17.7. The number of benzene rings is 3. The number of carbonyl (C=O) groups excluding carboxylic acids is 1. The third-order valence-corrected chi connectivity index (χ3v) is 4.06. The summed E-state index contributed by atoms with van der Waals surface area (Å²) >= 11 is 5.85. The average molecular weight is 419 g/mol. The molecule has 0 fully saturated rings. The number of rotatable bonds is 5. The topological polar surface area (TPSA) is 50.7 Å². The molecule has 1 amide bonds. The lowest BCUT2D eigenvalue weighted by atomic mass is 10.1. The lowest BCUT2D eigenvalue weighted by Crippen LogP contribution is -2.18. The quantitative estimate of drug-likeness (QED) is 0.413. The van der Waals surface area contributed by atoms with Gasteiger partial charge in [-0.05, 0) is 60.7 Å². The number of ether oxygens (including phenoxy) is 1. The number of hydrogen-bond donors (Lipinski definition) is 1. The van der Waals surface area contributed by atoms with Gasteiger partial charge in [0, 0.05) is 16.1 Å². The van der Waals surface area contributed by atoms with Gasteiger partial charge in [-0.3, -0.25) is 4.79 Å². The van der Waals surface area contributed by atoms with Crippen molar-refractivity contribution in [3.05, 3.63) is 94.5 Å². The fourth-order valence-corrected chi connectivity index (χ4v) is 2.47. The van der Waals surface area contributed by atoms with E-state index in [1.807, 2.05) is 0 Å². The Bertz CT molecular complexity index is 1020. The Kier molecular flexibility index (Phi) is 6.19. The predicted octanol–water partition coefficient (Wildman–Crippen LogP) is 5.92. The molecule has 0 atom stereocenters. The van der Waals surface area contributed by atoms with Crippen molar-refractivity contribution in [1.29, 1.82) is 0 Å². The van der Waals surface area contributed by atoms with E-state index in [4.69, 9.17) is 16.3 Å². The van der Waals surface area contributed by atoms with Crippen molar-refractivity contribution < 1.29 is 22.7 Å². The van der Waals surface area contributed by atoms with Crippen LogP contribution in [0.5, 0.6) is 11.5 Å². The maximum absolute atomic E-state index is 12.6. The summed E-state index contributed by atoms with van der Waals surface area (Å²) in [6.07, 6.45) is -3.08. The highest BCUT2D eigenvalue weighted by molar-refractivity contribution is 6.30. The second-order valence-electron chi connectivity index (χ2n) is 5.87. The third-order valence-electron chi connectivity index (χ3n) is 3.80. The summed E-state index contributed by atoms with van der Waals surface area (Å²) < 4.78 is 43.5. The molecule has 1 N–H and O–H groups in total. The Morgan fingerprint density at radius 1 is 0.966 bits per heavy atom. The van der Waals surface area contributed by atoms with Crippen molar-refractivity contribution >= 4 is 23.7 Å². The SMILES string of the molecule is O=C(NN=Cc1ccccc1Oc1ccc(Cl)cc1)c1ccc(C(F)(F)F)cc1. The number of amides is 1. The molecule has 0 aliphatic rings. The molecular weight excluding hydrogens is 405 g/mol. The number of halogens is 4. The number of alkyl halides is 3. The minimum absolute atomic E-state index is 0.0563. The second kappa shape index (κ2) is 8.79. The molecule has 0 aromatic heterocycles. The molecule has 0 heterocycles. The number of para-hydroxylation sites is 1. The minimum atomic E-state index is -4.46. The summed E-state index contributed by atoms with van der Waals surface area (Å²) in [4.78, 5) is 12.1. The van der Waals surface area contributed by atoms with Crippen LogP contribution in [-0.2, 0) is 6.18 Å². The van der Waals surface area contributed by atoms with Gasteiger partial charge in [0.25, 0.3) is 5.91 Å². The van der Waals surface area contributed by atoms with Crippen molar-refractivity contribution in [3.63, 3.8) is 0 Å². The van der Waals surface area contributed by atoms with Crippen molar-refractivity contribution in [2.45, 2.75) is 6.18 Å². The molecule has 0 saturated carbocycles. The highest BCUT2D eigenvalue weighted by Crippen LogP contribution is 2.29. The van der Waals surface area contributed by atoms with Gasteiger partial charge >= 0.3 is 6.18 Å². The van der Waals surface area contributed by atoms with Crippen LogP contribution in [0.15, 0.2) is 77.9 Å². The molecule has 29 heavy (non-hydrogen) atoms. The standard InChI is InChI=1S/C21H14ClF3N2O2/c22-17-9-11-18(12-10-17)29-19-4-2-1-3-15(19)13-26-27-20(28)14-5-7-16(8-6-14)21(23,24)25/h1-13H,(H,27,28). The molecule has 148 valence electrons. The predicted molar refractivity (Wildman–Crippen MR) is 104 cm³/mol. The maximum atomic E-state index is 12.6. The molecule has 0 radical (unpaired) electrons. The smallest absolute Gasteiger partial charge is 0.416 e. The van der Waals surface area contributed by atoms with E-state index in [9.17, 15) is 18.0 Å². The highest BCUT2D eigenvalue weighted by atomic mass is 35.5. The van der Waals surface area contributed by atoms with Gasteiger partial charge in [0.05, 0.1) is 11.8 Å². The second-order valence-corrected chi connectivity index (χ2v) is 6.30. The summed E-state index contributed by atoms with van der Waals surface area (Å²) in [6.45, 7) is 0. The van der Waals surface area contributed by atoms with Gasteiger partial charge in [-0.15, -0.1) is 0 Å². The summed E-state index contributed by atoms with van der Waals surface area (Å²) in [5.41, 5.74) is 2.10. The van der Waals surface area contributed by atoms with Crippen molar-refractivity contribution in [1.82, 2.24) is 5.43 Å². The van der Waals surface area contributed by atoms with Crippen LogP contribution in [0.4, 0.5) is 13.2 Å². The van der Waals surface area contributed by atoms with Gasteiger partial charge in [0.2, 0.25) is 0 Å². The zero-order chi connectivity index (χ0) is 20.9. The van der Waals surface area contributed by atoms with Crippen LogP contribution in [0.2, 0.25) is 5.02 Å². The number of nitrogens with zero attached hydrogens (tertiary/aromatic N) is 1. The van der Waals surface area contributed by atoms with Gasteiger partial charge in [-0.2, -0.15) is 18.3 Å². The van der Waals surface area contributed by atoms with Crippen LogP contribution >= 0.6 is 11.6 Å². The summed E-state index contributed by atoms with van der Waals surface area (Å²) in [7, 11) is 0. The third kappa shape index (κ3) is 5.58. The highest BCUT2D eigenvalue weighted by Gasteiger charge is 2.30. The summed E-state index contributed by atoms with van der Waals surface area (Å²) in [5.74, 6) is 0.442. The Morgan fingerprint density at radius 2 is 1.62 bits per heavy atom. The number of nitrogens with one attached hydrogen (secondary N) is 1. The van der Waals surface area contributed by atoms with Gasteiger partial charge in [0.15, 0.2) is 0 Å². The van der Waals surface area contributed by atoms with Gasteiger partial charge in [-0.1, -0.05) is 23.7 Å². The Hall–Kier alpha value is -3.32. The van der Waals surface area contributed by atoms with E-state index in [-0.39, 0.29) is 5.56 Å². The maximum Gasteiger partial charge on any atom is 0.416 e. The lowest BCUT2D eigenvalue weighted by molar-refractivity contribution is -0.137. The van der Waals surface area contributed by atoms with E-state index in [2.05, 4.69) is 10.5 Å². The molecule has 0 unspecified atom stereocenters. The fraction of sp³-hybridized carbons (Fsp3) is 0.0476. The summed E-state index contributed by atoms with van der Waals surface area (Å²) in [5, 5.41) is 4.44. The first kappa shape index (κ1) is 20.4. The molecule has 3 rings (SSSR count). The zero-order valence-electron chi connectivity index (χ0n) is 14.8. The van der Waals surface area contributed by atoms with Gasteiger partial charge in [-0.25, -0.2) is 5.43 Å². The molecule has 0 aliphatic carbocycles. The Labute approximate surface area is 169 Å². The molecule has 3 aromatic carbocycles. The molecule has 0 saturated heterocycles. The number of carbonyl (C=O) groups is 1. The van der Waals surface area contributed by atoms with Crippen LogP contribution in [-0.4, -0.2) is 12.1 Å². The van der Waals surface area contributed by atoms with E-state index in [1.54, 1.807) is 48.5 Å². The largest absolute Gasteiger partial charge is 0.457 e. The monoisotopic (exact) mass is 418 g/mol. The average Bonchev–Trinajstić information content (AvgIpc) is 2.70. The van der Waals surface area contributed by atoms with Crippen LogP contribution < -0.4 is 10.2 Å². The first-order chi connectivity index (χ1) is 13.8. The van der Waals surface area contributed by atoms with Crippen molar-refractivity contribution in [2.75, 3.05) is 0 Å². The molecule has 0 bridgehead atoms. The van der Waals surface area contributed by atoms with Crippen LogP contribution in [0.25, 0.3) is 0 Å². The van der Waals surface area contributed by atoms with E-state index < -0.39 is 17.6 Å². The van der Waals surface area contributed by atoms with Gasteiger partial charge in [0.1, 0.15) is 11.5 Å². The molecule has 4 nitrogen and oxygen atoms in total. The molecule has 8 heteroatoms. The fourth-order valence-electron chi connectivity index (χ4n) is 2.35. The molecule has 0 aliphatic heterocycles. The van der Waals surface area contributed by atoms with Crippen LogP contribution in [0.3, 0.4) is 0 Å². The van der Waals surface area contributed by atoms with E-state index in [1.165, 1.54) is 6.21 Å². The first-order valence-electron chi connectivity index (χ1n) is 8.36. The van der Waals surface area contributed by atoms with Gasteiger partial charge < -0.3 is 4.74 Å². The minimum Gasteiger partial charge on any atom is -0.457 e. The number of hydrazone groups is 1. The normalized spacial score (nSPS) is 11.4. The van der Waals surface area contributed by atoms with E-state index >= 15 is 0 Å². The van der Waals surface area contributed by atoms with Crippen LogP contribution in [0, 0.1) is 0 Å². The van der Waals surface area contributed by atoms with E-state index in [0.29, 0.717) is 22.1 Å². The molecule has 0 spiro atoms. The zero-order valence-corrected chi connectivity index (χ0v) is 15.5. The molecule has 3 aromatic rings. The first-order valence-corrected chi connectivity index (χ1v) is 8.74. The lowest BCUT2D eigenvalue weighted by Gasteiger charge is -2.08. The van der Waals surface area contributed by atoms with Crippen molar-refractivity contribution in [3.8, 4) is 11.5 Å². The van der Waals surface area contributed by atoms with Crippen LogP contribution in [0.1, 0.15) is 21.5 Å². The Morgan fingerprint density at radius 3 is 2.28 bits per heavy atom.